The van der Waals surface area contributed by atoms with Crippen molar-refractivity contribution in [3.05, 3.63) is 17.2 Å². The third kappa shape index (κ3) is 1.86. The van der Waals surface area contributed by atoms with Crippen LogP contribution in [-0.2, 0) is 11.2 Å². The molecule has 17 heavy (non-hydrogen) atoms. The molecule has 4 nitrogen and oxygen atoms in total. The average molecular weight is 232 g/mol. The molecule has 0 fully saturated rings. The molecule has 0 unspecified atom stereocenters. The summed E-state index contributed by atoms with van der Waals surface area (Å²) >= 11 is 0. The van der Waals surface area contributed by atoms with E-state index < -0.39 is 11.6 Å². The fourth-order valence-electron chi connectivity index (χ4n) is 2.03. The van der Waals surface area contributed by atoms with Gasteiger partial charge in [-0.25, -0.2) is 4.79 Å². The number of hydrogen-bond acceptors (Lipinski definition) is 4. The van der Waals surface area contributed by atoms with E-state index >= 15 is 0 Å². The van der Waals surface area contributed by atoms with Gasteiger partial charge in [0.2, 0.25) is 0 Å². The van der Waals surface area contributed by atoms with Crippen molar-refractivity contribution in [1.82, 2.24) is 0 Å². The Morgan fingerprint density at radius 1 is 1.59 bits per heavy atom. The van der Waals surface area contributed by atoms with Gasteiger partial charge in [-0.2, -0.15) is 0 Å². The number of carbonyl (C=O) groups is 1. The van der Waals surface area contributed by atoms with E-state index in [1.807, 2.05) is 13.8 Å². The van der Waals surface area contributed by atoms with Gasteiger partial charge < -0.3 is 14.6 Å². The molecule has 0 atom stereocenters. The second kappa shape index (κ2) is 3.69. The van der Waals surface area contributed by atoms with Gasteiger partial charge in [0.1, 0.15) is 24.9 Å². The van der Waals surface area contributed by atoms with Crippen LogP contribution in [0.4, 0.5) is 0 Å². The Bertz CT molecular complexity index is 494. The minimum Gasteiger partial charge on any atom is -0.508 e. The minimum absolute atomic E-state index is 0.165. The first kappa shape index (κ1) is 11.8. The van der Waals surface area contributed by atoms with Crippen LogP contribution < -0.4 is 10.2 Å². The highest BCUT2D eigenvalue weighted by Gasteiger charge is 2.35. The van der Waals surface area contributed by atoms with Gasteiger partial charge in [0, 0.05) is 12.0 Å². The van der Waals surface area contributed by atoms with Crippen molar-refractivity contribution in [1.29, 1.82) is 0 Å². The highest BCUT2D eigenvalue weighted by Crippen LogP contribution is 2.37. The summed E-state index contributed by atoms with van der Waals surface area (Å²) in [6.07, 6.45) is 0.553. The predicted octanol–water partition coefficient (Wildman–Crippen LogP) is 0.686. The molecule has 0 spiro atoms. The predicted molar refractivity (Wildman–Crippen MR) is 63.2 cm³/mol. The van der Waals surface area contributed by atoms with Crippen molar-refractivity contribution in [3.8, 4) is 11.5 Å². The Labute approximate surface area is 101 Å². The lowest BCUT2D eigenvalue weighted by molar-refractivity contribution is 0.0599. The van der Waals surface area contributed by atoms with Crippen molar-refractivity contribution in [3.63, 3.8) is 0 Å². The lowest BCUT2D eigenvalue weighted by Crippen LogP contribution is -2.26. The molecule has 2 radical (unpaired) electrons. The van der Waals surface area contributed by atoms with Gasteiger partial charge >= 0.3 is 5.97 Å². The van der Waals surface area contributed by atoms with Crippen LogP contribution in [0.5, 0.6) is 11.5 Å². The van der Waals surface area contributed by atoms with Gasteiger partial charge in [0.15, 0.2) is 0 Å². The van der Waals surface area contributed by atoms with Crippen molar-refractivity contribution < 1.29 is 19.4 Å². The molecule has 2 rings (SSSR count). The summed E-state index contributed by atoms with van der Waals surface area (Å²) in [5, 5.41) is 9.67. The van der Waals surface area contributed by atoms with Crippen LogP contribution in [0.15, 0.2) is 6.07 Å². The number of ether oxygens (including phenoxy) is 2. The van der Waals surface area contributed by atoms with E-state index in [4.69, 9.17) is 12.6 Å². The zero-order valence-electron chi connectivity index (χ0n) is 10.0. The largest absolute Gasteiger partial charge is 0.508 e. The maximum Gasteiger partial charge on any atom is 0.338 e. The van der Waals surface area contributed by atoms with Gasteiger partial charge in [-0.3, -0.25) is 0 Å². The minimum atomic E-state index is -0.502. The van der Waals surface area contributed by atoms with E-state index in [9.17, 15) is 9.90 Å². The smallest absolute Gasteiger partial charge is 0.338 e. The van der Waals surface area contributed by atoms with Crippen molar-refractivity contribution in [2.24, 2.45) is 0 Å². The Morgan fingerprint density at radius 3 is 2.82 bits per heavy atom. The second-order valence-electron chi connectivity index (χ2n) is 4.69. The molecule has 0 amide bonds. The molecule has 0 aromatic heterocycles. The van der Waals surface area contributed by atoms with E-state index in [1.54, 1.807) is 0 Å². The van der Waals surface area contributed by atoms with Crippen LogP contribution in [0, 0.1) is 0 Å². The fraction of sp³-hybridized carbons (Fsp3) is 0.417. The van der Waals surface area contributed by atoms with E-state index in [0.29, 0.717) is 23.3 Å². The molecule has 5 heteroatoms. The monoisotopic (exact) mass is 232 g/mol. The molecular weight excluding hydrogens is 219 g/mol. The third-order valence-electron chi connectivity index (χ3n) is 2.79. The standard InChI is InChI=1S/C12H13BO4/c1-12(2)5-7-6(11(15)16-3)4-8(14)9(13)10(7)17-12/h4,14H,5H2,1-3H3. The van der Waals surface area contributed by atoms with E-state index in [0.717, 1.165) is 0 Å². The average Bonchev–Trinajstić information content (AvgIpc) is 2.58. The SMILES string of the molecule is [B]c1c(O)cc(C(=O)OC)c2c1OC(C)(C)C2. The number of aromatic hydroxyl groups is 1. The third-order valence-corrected chi connectivity index (χ3v) is 2.79. The fourth-order valence-corrected chi connectivity index (χ4v) is 2.03. The topological polar surface area (TPSA) is 55.8 Å². The normalized spacial score (nSPS) is 16.2. The number of fused-ring (bicyclic) bond motifs is 1. The molecule has 1 N–H and O–H groups in total. The van der Waals surface area contributed by atoms with Gasteiger partial charge in [-0.1, -0.05) is 0 Å². The highest BCUT2D eigenvalue weighted by atomic mass is 16.5. The molecule has 1 aromatic rings. The summed E-state index contributed by atoms with van der Waals surface area (Å²) < 4.78 is 10.3. The number of rotatable bonds is 1. The molecule has 0 bridgehead atoms. The highest BCUT2D eigenvalue weighted by molar-refractivity contribution is 6.36. The van der Waals surface area contributed by atoms with Crippen LogP contribution in [-0.4, -0.2) is 31.6 Å². The summed E-state index contributed by atoms with van der Waals surface area (Å²) in [5.41, 5.74) is 0.725. The molecule has 1 heterocycles. The number of phenolic OH excluding ortho intramolecular Hbond substituents is 1. The first-order valence-corrected chi connectivity index (χ1v) is 5.27. The first-order chi connectivity index (χ1) is 7.85. The first-order valence-electron chi connectivity index (χ1n) is 5.27. The Hall–Kier alpha value is -1.65. The summed E-state index contributed by atoms with van der Waals surface area (Å²) in [7, 11) is 7.03. The molecule has 88 valence electrons. The number of carbonyl (C=O) groups excluding carboxylic acids is 1. The number of hydrogen-bond donors (Lipinski definition) is 1. The van der Waals surface area contributed by atoms with Crippen LogP contribution in [0.2, 0.25) is 0 Å². The van der Waals surface area contributed by atoms with Crippen LogP contribution in [0.25, 0.3) is 0 Å². The van der Waals surface area contributed by atoms with Crippen molar-refractivity contribution >= 4 is 19.3 Å². The quantitative estimate of drug-likeness (QED) is 0.571. The number of esters is 1. The zero-order chi connectivity index (χ0) is 12.8. The number of benzene rings is 1. The number of methoxy groups -OCH3 is 1. The van der Waals surface area contributed by atoms with Crippen LogP contribution in [0.3, 0.4) is 0 Å². The van der Waals surface area contributed by atoms with E-state index in [2.05, 4.69) is 4.74 Å². The summed E-state index contributed by atoms with van der Waals surface area (Å²) in [5.74, 6) is -0.282. The van der Waals surface area contributed by atoms with Crippen LogP contribution in [0.1, 0.15) is 29.8 Å². The second-order valence-corrected chi connectivity index (χ2v) is 4.69. The Kier molecular flexibility index (Phi) is 2.56. The van der Waals surface area contributed by atoms with Crippen molar-refractivity contribution in [2.45, 2.75) is 25.9 Å². The molecule has 0 saturated heterocycles. The van der Waals surface area contributed by atoms with E-state index in [1.165, 1.54) is 13.2 Å². The molecular formula is C12H13BO4. The molecule has 0 aliphatic carbocycles. The zero-order valence-corrected chi connectivity index (χ0v) is 10.0. The molecule has 1 aromatic carbocycles. The van der Waals surface area contributed by atoms with Crippen LogP contribution >= 0.6 is 0 Å². The van der Waals surface area contributed by atoms with E-state index in [-0.39, 0.29) is 11.2 Å². The molecule has 0 saturated carbocycles. The summed E-state index contributed by atoms with van der Waals surface area (Å²) in [6.45, 7) is 3.79. The van der Waals surface area contributed by atoms with Gasteiger partial charge in [0.05, 0.1) is 12.7 Å². The lowest BCUT2D eigenvalue weighted by Gasteiger charge is -2.17. The van der Waals surface area contributed by atoms with Gasteiger partial charge in [-0.05, 0) is 25.4 Å². The number of phenols is 1. The Balaban J connectivity index is 2.63. The van der Waals surface area contributed by atoms with Gasteiger partial charge in [0.25, 0.3) is 0 Å². The van der Waals surface area contributed by atoms with Gasteiger partial charge in [-0.15, -0.1) is 0 Å². The molecule has 1 aliphatic rings. The summed E-state index contributed by atoms with van der Waals surface area (Å²) in [6, 6.07) is 1.32. The molecule has 1 aliphatic heterocycles. The Morgan fingerprint density at radius 2 is 2.24 bits per heavy atom. The summed E-state index contributed by atoms with van der Waals surface area (Å²) in [4.78, 5) is 11.6. The maximum atomic E-state index is 11.6. The van der Waals surface area contributed by atoms with Crippen molar-refractivity contribution in [2.75, 3.05) is 7.11 Å². The lowest BCUT2D eigenvalue weighted by atomic mass is 9.88. The maximum absolute atomic E-state index is 11.6.